The minimum absolute atomic E-state index is 0.0833. The van der Waals surface area contributed by atoms with Gasteiger partial charge in [0.1, 0.15) is 6.10 Å². The van der Waals surface area contributed by atoms with Gasteiger partial charge in [-0.2, -0.15) is 0 Å². The minimum Gasteiger partial charge on any atom is -0.474 e. The molecule has 2 aromatic rings. The van der Waals surface area contributed by atoms with Crippen molar-refractivity contribution in [2.75, 3.05) is 25.0 Å². The molecule has 1 aliphatic heterocycles. The number of carbonyl (C=O) groups excluding carboxylic acids is 2. The number of amides is 4. The fourth-order valence-corrected chi connectivity index (χ4v) is 4.52. The van der Waals surface area contributed by atoms with E-state index in [1.807, 2.05) is 48.2 Å². The summed E-state index contributed by atoms with van der Waals surface area (Å²) in [6.07, 6.45) is 8.61. The Morgan fingerprint density at radius 1 is 1.03 bits per heavy atom. The summed E-state index contributed by atoms with van der Waals surface area (Å²) >= 11 is 0. The van der Waals surface area contributed by atoms with Gasteiger partial charge in [0.25, 0.3) is 0 Å². The number of hydrogen-bond donors (Lipinski definition) is 3. The van der Waals surface area contributed by atoms with E-state index in [-0.39, 0.29) is 24.1 Å². The van der Waals surface area contributed by atoms with E-state index in [1.165, 1.54) is 12.8 Å². The Kier molecular flexibility index (Phi) is 8.22. The molecule has 0 radical (unpaired) electrons. The normalized spacial score (nSPS) is 18.4. The van der Waals surface area contributed by atoms with E-state index in [9.17, 15) is 9.59 Å². The summed E-state index contributed by atoms with van der Waals surface area (Å²) in [5, 5.41) is 8.77. The molecular formula is C26H35N5O3. The fourth-order valence-electron chi connectivity index (χ4n) is 4.52. The van der Waals surface area contributed by atoms with Crippen molar-refractivity contribution in [3.8, 4) is 5.88 Å². The van der Waals surface area contributed by atoms with E-state index in [2.05, 4.69) is 20.9 Å². The van der Waals surface area contributed by atoms with Crippen LogP contribution in [0.5, 0.6) is 5.88 Å². The Morgan fingerprint density at radius 3 is 2.56 bits per heavy atom. The molecule has 2 heterocycles. The van der Waals surface area contributed by atoms with Crippen LogP contribution in [0.15, 0.2) is 42.6 Å². The first kappa shape index (κ1) is 23.9. The van der Waals surface area contributed by atoms with Crippen LogP contribution in [-0.4, -0.2) is 47.7 Å². The molecule has 3 N–H and O–H groups in total. The van der Waals surface area contributed by atoms with Crippen LogP contribution in [0.1, 0.15) is 49.7 Å². The highest BCUT2D eigenvalue weighted by Gasteiger charge is 2.24. The predicted octanol–water partition coefficient (Wildman–Crippen LogP) is 4.45. The number of urea groups is 2. The maximum Gasteiger partial charge on any atom is 0.319 e. The Balaban J connectivity index is 1.17. The molecule has 1 saturated carbocycles. The molecule has 1 unspecified atom stereocenters. The molecule has 4 rings (SSSR count). The van der Waals surface area contributed by atoms with Crippen LogP contribution in [-0.2, 0) is 6.54 Å². The number of aromatic nitrogens is 1. The van der Waals surface area contributed by atoms with Crippen molar-refractivity contribution in [1.29, 1.82) is 0 Å². The molecule has 8 nitrogen and oxygen atoms in total. The van der Waals surface area contributed by atoms with Crippen molar-refractivity contribution >= 4 is 17.7 Å². The van der Waals surface area contributed by atoms with Crippen LogP contribution >= 0.6 is 0 Å². The molecule has 4 amide bonds. The number of piperidine rings is 1. The lowest BCUT2D eigenvalue weighted by molar-refractivity contribution is 0.164. The summed E-state index contributed by atoms with van der Waals surface area (Å²) in [6, 6.07) is 11.2. The van der Waals surface area contributed by atoms with Gasteiger partial charge in [-0.25, -0.2) is 14.6 Å². The fraction of sp³-hybridized carbons (Fsp3) is 0.500. The van der Waals surface area contributed by atoms with E-state index in [4.69, 9.17) is 4.74 Å². The number of anilines is 1. The second-order valence-corrected chi connectivity index (χ2v) is 9.34. The second kappa shape index (κ2) is 11.7. The Hall–Kier alpha value is -3.29. The SMILES string of the molecule is Cc1ccc(NC(=O)NCC2CCCN(C(=O)NCc3ccc(OC4CCCC4)nc3)C2)cc1. The smallest absolute Gasteiger partial charge is 0.319 e. The zero-order chi connectivity index (χ0) is 23.8. The third kappa shape index (κ3) is 7.10. The molecule has 1 atom stereocenters. The van der Waals surface area contributed by atoms with Crippen LogP contribution in [0.4, 0.5) is 15.3 Å². The quantitative estimate of drug-likeness (QED) is 0.563. The monoisotopic (exact) mass is 465 g/mol. The van der Waals surface area contributed by atoms with Gasteiger partial charge in [0, 0.05) is 44.1 Å². The molecule has 1 aromatic carbocycles. The number of benzene rings is 1. The number of nitrogens with one attached hydrogen (secondary N) is 3. The average Bonchev–Trinajstić information content (AvgIpc) is 3.37. The van der Waals surface area contributed by atoms with Crippen LogP contribution in [0, 0.1) is 12.8 Å². The summed E-state index contributed by atoms with van der Waals surface area (Å²) in [5.41, 5.74) is 2.85. The lowest BCUT2D eigenvalue weighted by Crippen LogP contribution is -2.47. The molecule has 0 bridgehead atoms. The Morgan fingerprint density at radius 2 is 1.82 bits per heavy atom. The lowest BCUT2D eigenvalue weighted by atomic mass is 9.98. The Labute approximate surface area is 201 Å². The molecular weight excluding hydrogens is 430 g/mol. The highest BCUT2D eigenvalue weighted by atomic mass is 16.5. The average molecular weight is 466 g/mol. The predicted molar refractivity (Wildman–Crippen MR) is 132 cm³/mol. The highest BCUT2D eigenvalue weighted by molar-refractivity contribution is 5.89. The van der Waals surface area contributed by atoms with Gasteiger partial charge in [0.15, 0.2) is 0 Å². The standard InChI is InChI=1S/C26H35N5O3/c1-19-8-11-22(12-9-19)30-25(32)28-17-21-5-4-14-31(18-21)26(33)29-16-20-10-13-24(27-15-20)34-23-6-2-3-7-23/h8-13,15,21,23H,2-7,14,16-18H2,1H3,(H,29,33)(H2,28,30,32). The van der Waals surface area contributed by atoms with Gasteiger partial charge >= 0.3 is 12.1 Å². The minimum atomic E-state index is -0.224. The van der Waals surface area contributed by atoms with Crippen molar-refractivity contribution in [2.24, 2.45) is 5.92 Å². The number of ether oxygens (including phenoxy) is 1. The van der Waals surface area contributed by atoms with Crippen molar-refractivity contribution in [3.63, 3.8) is 0 Å². The maximum absolute atomic E-state index is 12.7. The zero-order valence-corrected chi connectivity index (χ0v) is 19.9. The topological polar surface area (TPSA) is 95.6 Å². The maximum atomic E-state index is 12.7. The first-order valence-electron chi connectivity index (χ1n) is 12.3. The number of pyridine rings is 1. The third-order valence-electron chi connectivity index (χ3n) is 6.50. The lowest BCUT2D eigenvalue weighted by Gasteiger charge is -2.32. The van der Waals surface area contributed by atoms with Gasteiger partial charge in [-0.1, -0.05) is 23.8 Å². The van der Waals surface area contributed by atoms with Gasteiger partial charge in [-0.3, -0.25) is 0 Å². The molecule has 2 aliphatic rings. The molecule has 182 valence electrons. The molecule has 34 heavy (non-hydrogen) atoms. The molecule has 1 aromatic heterocycles. The summed E-state index contributed by atoms with van der Waals surface area (Å²) in [5.74, 6) is 0.886. The number of aryl methyl sites for hydroxylation is 1. The number of likely N-dealkylation sites (tertiary alicyclic amines) is 1. The van der Waals surface area contributed by atoms with Crippen LogP contribution in [0.3, 0.4) is 0 Å². The number of nitrogens with zero attached hydrogens (tertiary/aromatic N) is 2. The van der Waals surface area contributed by atoms with Crippen LogP contribution < -0.4 is 20.7 Å². The van der Waals surface area contributed by atoms with Crippen molar-refractivity contribution in [2.45, 2.75) is 58.1 Å². The van der Waals surface area contributed by atoms with Gasteiger partial charge in [-0.05, 0) is 69.1 Å². The summed E-state index contributed by atoms with van der Waals surface area (Å²) in [6.45, 7) is 4.32. The van der Waals surface area contributed by atoms with E-state index in [1.54, 1.807) is 6.20 Å². The van der Waals surface area contributed by atoms with Gasteiger partial charge < -0.3 is 25.6 Å². The Bertz CT molecular complexity index is 942. The van der Waals surface area contributed by atoms with Crippen molar-refractivity contribution in [3.05, 3.63) is 53.7 Å². The highest BCUT2D eigenvalue weighted by Crippen LogP contribution is 2.23. The van der Waals surface area contributed by atoms with Gasteiger partial charge in [0.2, 0.25) is 5.88 Å². The first-order chi connectivity index (χ1) is 16.5. The number of hydrogen-bond acceptors (Lipinski definition) is 4. The van der Waals surface area contributed by atoms with Crippen molar-refractivity contribution < 1.29 is 14.3 Å². The molecule has 0 spiro atoms. The van der Waals surface area contributed by atoms with E-state index >= 15 is 0 Å². The largest absolute Gasteiger partial charge is 0.474 e. The van der Waals surface area contributed by atoms with Gasteiger partial charge in [-0.15, -0.1) is 0 Å². The second-order valence-electron chi connectivity index (χ2n) is 9.34. The number of rotatable bonds is 7. The molecule has 8 heteroatoms. The summed E-state index contributed by atoms with van der Waals surface area (Å²) in [4.78, 5) is 31.1. The third-order valence-corrected chi connectivity index (χ3v) is 6.50. The summed E-state index contributed by atoms with van der Waals surface area (Å²) < 4.78 is 5.90. The molecule has 2 fully saturated rings. The van der Waals surface area contributed by atoms with E-state index < -0.39 is 0 Å². The summed E-state index contributed by atoms with van der Waals surface area (Å²) in [7, 11) is 0. The van der Waals surface area contributed by atoms with Gasteiger partial charge in [0.05, 0.1) is 0 Å². The van der Waals surface area contributed by atoms with Crippen LogP contribution in [0.2, 0.25) is 0 Å². The molecule has 1 aliphatic carbocycles. The first-order valence-corrected chi connectivity index (χ1v) is 12.3. The zero-order valence-electron chi connectivity index (χ0n) is 19.9. The van der Waals surface area contributed by atoms with E-state index in [0.717, 1.165) is 49.0 Å². The van der Waals surface area contributed by atoms with Crippen LogP contribution in [0.25, 0.3) is 0 Å². The molecule has 1 saturated heterocycles. The number of carbonyl (C=O) groups is 2. The van der Waals surface area contributed by atoms with Crippen molar-refractivity contribution in [1.82, 2.24) is 20.5 Å². The van der Waals surface area contributed by atoms with E-state index in [0.29, 0.717) is 25.5 Å².